The maximum Gasteiger partial charge on any atom is 0.260 e. The molecule has 1 aliphatic heterocycles. The number of carbonyl (C=O) groups is 1. The fourth-order valence-corrected chi connectivity index (χ4v) is 6.38. The molecule has 0 radical (unpaired) electrons. The topological polar surface area (TPSA) is 89.5 Å². The van der Waals surface area contributed by atoms with Crippen LogP contribution in [0.3, 0.4) is 0 Å². The monoisotopic (exact) mass is 502 g/mol. The van der Waals surface area contributed by atoms with Gasteiger partial charge in [-0.15, -0.1) is 22.7 Å². The Kier molecular flexibility index (Phi) is 5.60. The third-order valence-corrected chi connectivity index (χ3v) is 8.22. The van der Waals surface area contributed by atoms with Crippen LogP contribution in [0.1, 0.15) is 16.2 Å². The van der Waals surface area contributed by atoms with Crippen LogP contribution in [0.25, 0.3) is 31.4 Å². The molecule has 0 bridgehead atoms. The van der Waals surface area contributed by atoms with E-state index in [-0.39, 0.29) is 17.2 Å². The lowest BCUT2D eigenvalue weighted by Gasteiger charge is -2.34. The Morgan fingerprint density at radius 3 is 2.66 bits per heavy atom. The summed E-state index contributed by atoms with van der Waals surface area (Å²) in [6.07, 6.45) is 0. The van der Waals surface area contributed by atoms with Gasteiger partial charge >= 0.3 is 0 Å². The molecule has 1 amide bonds. The van der Waals surface area contributed by atoms with E-state index >= 15 is 0 Å². The molecule has 1 fully saturated rings. The van der Waals surface area contributed by atoms with Crippen molar-refractivity contribution in [2.45, 2.75) is 6.54 Å². The zero-order chi connectivity index (χ0) is 23.9. The van der Waals surface area contributed by atoms with E-state index in [1.165, 1.54) is 11.3 Å². The summed E-state index contributed by atoms with van der Waals surface area (Å²) >= 11 is 3.10. The highest BCUT2D eigenvalue weighted by molar-refractivity contribution is 7.18. The molecule has 35 heavy (non-hydrogen) atoms. The first-order valence-electron chi connectivity index (χ1n) is 11.3. The van der Waals surface area contributed by atoms with Gasteiger partial charge < -0.3 is 15.0 Å². The molecule has 6 rings (SSSR count). The number of piperazine rings is 1. The SMILES string of the molecule is O=C(c1ccc2ccccc2c1O)N1CCN(Cc2nc3scc(-c4cccs4)c3c(=O)[nH]2)CC1. The van der Waals surface area contributed by atoms with Crippen LogP contribution >= 0.6 is 22.7 Å². The zero-order valence-corrected chi connectivity index (χ0v) is 20.4. The van der Waals surface area contributed by atoms with Crippen LogP contribution in [0.15, 0.2) is 64.1 Å². The van der Waals surface area contributed by atoms with Gasteiger partial charge in [0.1, 0.15) is 16.4 Å². The second-order valence-corrected chi connectivity index (χ2v) is 10.4. The molecule has 2 aromatic carbocycles. The van der Waals surface area contributed by atoms with Crippen LogP contribution in [0.5, 0.6) is 5.75 Å². The van der Waals surface area contributed by atoms with Crippen LogP contribution < -0.4 is 5.56 Å². The summed E-state index contributed by atoms with van der Waals surface area (Å²) in [5, 5.41) is 16.9. The fourth-order valence-electron chi connectivity index (χ4n) is 4.60. The minimum Gasteiger partial charge on any atom is -0.506 e. The Balaban J connectivity index is 1.15. The van der Waals surface area contributed by atoms with Gasteiger partial charge in [-0.1, -0.05) is 36.4 Å². The molecule has 0 saturated carbocycles. The highest BCUT2D eigenvalue weighted by Gasteiger charge is 2.25. The molecular formula is C26H22N4O3S2. The highest BCUT2D eigenvalue weighted by Crippen LogP contribution is 2.33. The van der Waals surface area contributed by atoms with Gasteiger partial charge in [0.25, 0.3) is 11.5 Å². The number of benzene rings is 2. The lowest BCUT2D eigenvalue weighted by molar-refractivity contribution is 0.0623. The van der Waals surface area contributed by atoms with Gasteiger partial charge in [-0.25, -0.2) is 4.98 Å². The summed E-state index contributed by atoms with van der Waals surface area (Å²) in [5.74, 6) is 0.498. The van der Waals surface area contributed by atoms with E-state index in [0.29, 0.717) is 54.9 Å². The number of hydrogen-bond acceptors (Lipinski definition) is 7. The number of carbonyl (C=O) groups excluding carboxylic acids is 1. The first-order chi connectivity index (χ1) is 17.1. The van der Waals surface area contributed by atoms with E-state index in [1.54, 1.807) is 22.3 Å². The van der Waals surface area contributed by atoms with Gasteiger partial charge in [0.05, 0.1) is 17.5 Å². The van der Waals surface area contributed by atoms with Crippen molar-refractivity contribution in [2.24, 2.45) is 0 Å². The number of fused-ring (bicyclic) bond motifs is 2. The number of aromatic nitrogens is 2. The summed E-state index contributed by atoms with van der Waals surface area (Å²) in [6.45, 7) is 2.91. The van der Waals surface area contributed by atoms with Crippen molar-refractivity contribution >= 4 is 49.6 Å². The number of nitrogens with zero attached hydrogens (tertiary/aromatic N) is 3. The minimum atomic E-state index is -0.166. The first-order valence-corrected chi connectivity index (χ1v) is 13.1. The smallest absolute Gasteiger partial charge is 0.260 e. The van der Waals surface area contributed by atoms with Crippen LogP contribution in [0, 0.1) is 0 Å². The molecule has 0 spiro atoms. The van der Waals surface area contributed by atoms with E-state index in [1.807, 2.05) is 53.2 Å². The van der Waals surface area contributed by atoms with Crippen LogP contribution in [-0.4, -0.2) is 57.0 Å². The van der Waals surface area contributed by atoms with Crippen LogP contribution in [0.2, 0.25) is 0 Å². The van der Waals surface area contributed by atoms with Crippen molar-refractivity contribution in [2.75, 3.05) is 26.2 Å². The van der Waals surface area contributed by atoms with Crippen molar-refractivity contribution in [3.8, 4) is 16.2 Å². The normalized spacial score (nSPS) is 14.7. The quantitative estimate of drug-likeness (QED) is 0.377. The van der Waals surface area contributed by atoms with Crippen molar-refractivity contribution in [1.29, 1.82) is 0 Å². The van der Waals surface area contributed by atoms with Crippen molar-refractivity contribution < 1.29 is 9.90 Å². The number of aromatic hydroxyl groups is 1. The number of hydrogen-bond donors (Lipinski definition) is 2. The van der Waals surface area contributed by atoms with E-state index in [2.05, 4.69) is 9.88 Å². The van der Waals surface area contributed by atoms with E-state index in [0.717, 1.165) is 20.7 Å². The fraction of sp³-hybridized carbons (Fsp3) is 0.192. The molecule has 3 aromatic heterocycles. The van der Waals surface area contributed by atoms with E-state index in [9.17, 15) is 14.7 Å². The molecule has 4 heterocycles. The lowest BCUT2D eigenvalue weighted by Crippen LogP contribution is -2.48. The zero-order valence-electron chi connectivity index (χ0n) is 18.7. The Hall–Kier alpha value is -3.53. The Morgan fingerprint density at radius 2 is 1.86 bits per heavy atom. The van der Waals surface area contributed by atoms with Gasteiger partial charge in [0.2, 0.25) is 0 Å². The third kappa shape index (κ3) is 4.01. The van der Waals surface area contributed by atoms with Gasteiger partial charge in [0.15, 0.2) is 0 Å². The summed E-state index contributed by atoms with van der Waals surface area (Å²) in [6, 6.07) is 15.0. The Bertz CT molecular complexity index is 1600. The second-order valence-electron chi connectivity index (χ2n) is 8.57. The molecule has 2 N–H and O–H groups in total. The summed E-state index contributed by atoms with van der Waals surface area (Å²) in [4.78, 5) is 39.4. The molecule has 1 aliphatic rings. The van der Waals surface area contributed by atoms with Crippen molar-refractivity contribution in [1.82, 2.24) is 19.8 Å². The predicted octanol–water partition coefficient (Wildman–Crippen LogP) is 4.53. The van der Waals surface area contributed by atoms with E-state index < -0.39 is 0 Å². The van der Waals surface area contributed by atoms with Gasteiger partial charge in [-0.3, -0.25) is 14.5 Å². The molecule has 0 atom stereocenters. The number of nitrogens with one attached hydrogen (secondary N) is 1. The molecular weight excluding hydrogens is 480 g/mol. The largest absolute Gasteiger partial charge is 0.506 e. The number of phenolic OH excluding ortho intramolecular Hbond substituents is 1. The maximum atomic E-state index is 13.1. The van der Waals surface area contributed by atoms with Crippen LogP contribution in [-0.2, 0) is 6.54 Å². The number of phenols is 1. The highest BCUT2D eigenvalue weighted by atomic mass is 32.1. The second kappa shape index (κ2) is 8.92. The number of aromatic amines is 1. The first kappa shape index (κ1) is 22.0. The molecule has 176 valence electrons. The van der Waals surface area contributed by atoms with Gasteiger partial charge in [0, 0.05) is 47.4 Å². The van der Waals surface area contributed by atoms with Crippen LogP contribution in [0.4, 0.5) is 0 Å². The average Bonchev–Trinajstić information content (AvgIpc) is 3.55. The molecule has 7 nitrogen and oxygen atoms in total. The summed E-state index contributed by atoms with van der Waals surface area (Å²) in [7, 11) is 0. The molecule has 0 unspecified atom stereocenters. The maximum absolute atomic E-state index is 13.1. The summed E-state index contributed by atoms with van der Waals surface area (Å²) < 4.78 is 0. The average molecular weight is 503 g/mol. The van der Waals surface area contributed by atoms with Crippen molar-refractivity contribution in [3.63, 3.8) is 0 Å². The lowest BCUT2D eigenvalue weighted by atomic mass is 10.0. The summed E-state index contributed by atoms with van der Waals surface area (Å²) in [5.41, 5.74) is 1.15. The molecule has 0 aliphatic carbocycles. The van der Waals surface area contributed by atoms with E-state index in [4.69, 9.17) is 4.98 Å². The number of H-pyrrole nitrogens is 1. The van der Waals surface area contributed by atoms with Gasteiger partial charge in [-0.05, 0) is 22.9 Å². The van der Waals surface area contributed by atoms with Gasteiger partial charge in [-0.2, -0.15) is 0 Å². The third-order valence-electron chi connectivity index (χ3n) is 6.44. The Morgan fingerprint density at radius 1 is 1.03 bits per heavy atom. The minimum absolute atomic E-state index is 0.0310. The predicted molar refractivity (Wildman–Crippen MR) is 140 cm³/mol. The molecule has 9 heteroatoms. The number of rotatable bonds is 4. The standard InChI is InChI=1S/C26H22N4O3S2/c31-23-17-5-2-1-4-16(17)7-8-18(23)26(33)30-11-9-29(10-12-30)14-21-27-24(32)22-19(15-35-25(22)28-21)20-6-3-13-34-20/h1-8,13,15,31H,9-12,14H2,(H,27,28,32). The Labute approximate surface area is 208 Å². The van der Waals surface area contributed by atoms with Crippen molar-refractivity contribution in [3.05, 3.63) is 81.0 Å². The molecule has 5 aromatic rings. The number of thiophene rings is 2. The number of amides is 1. The molecule has 1 saturated heterocycles.